The Bertz CT molecular complexity index is 322. The zero-order valence-corrected chi connectivity index (χ0v) is 9.75. The van der Waals surface area contributed by atoms with Gasteiger partial charge in [0.15, 0.2) is 0 Å². The van der Waals surface area contributed by atoms with Crippen LogP contribution in [0.4, 0.5) is 0 Å². The van der Waals surface area contributed by atoms with Gasteiger partial charge >= 0.3 is 0 Å². The van der Waals surface area contributed by atoms with Gasteiger partial charge < -0.3 is 5.73 Å². The maximum atomic E-state index is 6.13. The minimum Gasteiger partial charge on any atom is -0.327 e. The van der Waals surface area contributed by atoms with E-state index in [0.717, 1.165) is 18.4 Å². The van der Waals surface area contributed by atoms with Gasteiger partial charge in [-0.1, -0.05) is 0 Å². The van der Waals surface area contributed by atoms with Crippen LogP contribution in [0.25, 0.3) is 0 Å². The third-order valence-corrected chi connectivity index (χ3v) is 4.71. The SMILES string of the molecule is NC1CCC2CN(Cc3ccsc3)CC12. The molecule has 1 aliphatic heterocycles. The summed E-state index contributed by atoms with van der Waals surface area (Å²) in [6.45, 7) is 3.62. The second-order valence-corrected chi connectivity index (χ2v) is 5.77. The molecule has 3 unspecified atom stereocenters. The van der Waals surface area contributed by atoms with Crippen LogP contribution in [0.5, 0.6) is 0 Å². The summed E-state index contributed by atoms with van der Waals surface area (Å²) < 4.78 is 0. The van der Waals surface area contributed by atoms with Gasteiger partial charge in [0.2, 0.25) is 0 Å². The normalized spacial score (nSPS) is 35.9. The number of nitrogens with zero attached hydrogens (tertiary/aromatic N) is 1. The molecule has 3 rings (SSSR count). The molecule has 3 atom stereocenters. The Morgan fingerprint density at radius 3 is 3.07 bits per heavy atom. The van der Waals surface area contributed by atoms with E-state index in [0.29, 0.717) is 6.04 Å². The molecule has 15 heavy (non-hydrogen) atoms. The summed E-state index contributed by atoms with van der Waals surface area (Å²) in [6, 6.07) is 2.71. The number of thiophene rings is 1. The van der Waals surface area contributed by atoms with E-state index < -0.39 is 0 Å². The summed E-state index contributed by atoms with van der Waals surface area (Å²) in [5, 5.41) is 4.42. The Balaban J connectivity index is 1.62. The first-order valence-electron chi connectivity index (χ1n) is 5.82. The van der Waals surface area contributed by atoms with Crippen molar-refractivity contribution in [1.82, 2.24) is 4.90 Å². The minimum atomic E-state index is 0.475. The first-order chi connectivity index (χ1) is 7.33. The average molecular weight is 222 g/mol. The van der Waals surface area contributed by atoms with Crippen molar-refractivity contribution in [2.45, 2.75) is 25.4 Å². The summed E-state index contributed by atoms with van der Waals surface area (Å²) in [4.78, 5) is 2.58. The van der Waals surface area contributed by atoms with Crippen molar-refractivity contribution in [2.75, 3.05) is 13.1 Å². The average Bonchev–Trinajstić information content (AvgIpc) is 2.88. The number of hydrogen-bond acceptors (Lipinski definition) is 3. The lowest BCUT2D eigenvalue weighted by Gasteiger charge is -2.17. The molecular formula is C12H18N2S. The molecule has 2 nitrogen and oxygen atoms in total. The molecular weight excluding hydrogens is 204 g/mol. The Hall–Kier alpha value is -0.380. The molecule has 0 bridgehead atoms. The summed E-state index contributed by atoms with van der Waals surface area (Å²) in [5.41, 5.74) is 7.60. The predicted octanol–water partition coefficient (Wildman–Crippen LogP) is 1.92. The van der Waals surface area contributed by atoms with Crippen molar-refractivity contribution < 1.29 is 0 Å². The molecule has 0 radical (unpaired) electrons. The molecule has 3 heteroatoms. The van der Waals surface area contributed by atoms with E-state index in [1.54, 1.807) is 11.3 Å². The monoisotopic (exact) mass is 222 g/mol. The second-order valence-electron chi connectivity index (χ2n) is 4.99. The van der Waals surface area contributed by atoms with Gasteiger partial charge in [-0.05, 0) is 47.1 Å². The molecule has 1 saturated heterocycles. The molecule has 2 fully saturated rings. The van der Waals surface area contributed by atoms with Crippen LogP contribution >= 0.6 is 11.3 Å². The fourth-order valence-electron chi connectivity index (χ4n) is 3.17. The van der Waals surface area contributed by atoms with Gasteiger partial charge in [0.25, 0.3) is 0 Å². The minimum absolute atomic E-state index is 0.475. The molecule has 2 N–H and O–H groups in total. The van der Waals surface area contributed by atoms with Crippen molar-refractivity contribution in [3.63, 3.8) is 0 Å². The van der Waals surface area contributed by atoms with Crippen molar-refractivity contribution >= 4 is 11.3 Å². The van der Waals surface area contributed by atoms with Crippen molar-refractivity contribution in [3.05, 3.63) is 22.4 Å². The first-order valence-corrected chi connectivity index (χ1v) is 6.76. The van der Waals surface area contributed by atoms with Gasteiger partial charge in [-0.3, -0.25) is 4.90 Å². The van der Waals surface area contributed by atoms with Crippen LogP contribution in [-0.4, -0.2) is 24.0 Å². The Labute approximate surface area is 95.1 Å². The van der Waals surface area contributed by atoms with Crippen molar-refractivity contribution in [2.24, 2.45) is 17.6 Å². The van der Waals surface area contributed by atoms with E-state index in [-0.39, 0.29) is 0 Å². The van der Waals surface area contributed by atoms with E-state index in [1.807, 2.05) is 0 Å². The van der Waals surface area contributed by atoms with E-state index in [1.165, 1.54) is 31.5 Å². The van der Waals surface area contributed by atoms with Crippen LogP contribution in [0.3, 0.4) is 0 Å². The quantitative estimate of drug-likeness (QED) is 0.828. The third kappa shape index (κ3) is 1.84. The molecule has 2 heterocycles. The highest BCUT2D eigenvalue weighted by Gasteiger charge is 2.40. The van der Waals surface area contributed by atoms with Crippen molar-refractivity contribution in [1.29, 1.82) is 0 Å². The molecule has 0 aromatic carbocycles. The molecule has 82 valence electrons. The van der Waals surface area contributed by atoms with Gasteiger partial charge in [-0.15, -0.1) is 0 Å². The number of rotatable bonds is 2. The maximum absolute atomic E-state index is 6.13. The fraction of sp³-hybridized carbons (Fsp3) is 0.667. The first kappa shape index (κ1) is 9.82. The predicted molar refractivity (Wildman–Crippen MR) is 63.8 cm³/mol. The summed E-state index contributed by atoms with van der Waals surface area (Å²) in [7, 11) is 0. The smallest absolute Gasteiger partial charge is 0.0242 e. The highest BCUT2D eigenvalue weighted by molar-refractivity contribution is 7.07. The zero-order chi connectivity index (χ0) is 10.3. The molecule has 0 amide bonds. The Morgan fingerprint density at radius 2 is 2.33 bits per heavy atom. The molecule has 1 saturated carbocycles. The van der Waals surface area contributed by atoms with Crippen molar-refractivity contribution in [3.8, 4) is 0 Å². The van der Waals surface area contributed by atoms with E-state index >= 15 is 0 Å². The van der Waals surface area contributed by atoms with Crippen LogP contribution in [0.15, 0.2) is 16.8 Å². The number of likely N-dealkylation sites (tertiary alicyclic amines) is 1. The second kappa shape index (κ2) is 3.89. The lowest BCUT2D eigenvalue weighted by atomic mass is 9.98. The van der Waals surface area contributed by atoms with Crippen LogP contribution in [0.2, 0.25) is 0 Å². The molecule has 2 aliphatic rings. The lowest BCUT2D eigenvalue weighted by Crippen LogP contribution is -2.30. The highest BCUT2D eigenvalue weighted by Crippen LogP contribution is 2.37. The zero-order valence-electron chi connectivity index (χ0n) is 8.93. The molecule has 0 spiro atoms. The Kier molecular flexibility index (Phi) is 2.54. The maximum Gasteiger partial charge on any atom is 0.0242 e. The van der Waals surface area contributed by atoms with Gasteiger partial charge in [0, 0.05) is 25.7 Å². The van der Waals surface area contributed by atoms with E-state index in [9.17, 15) is 0 Å². The Morgan fingerprint density at radius 1 is 1.40 bits per heavy atom. The highest BCUT2D eigenvalue weighted by atomic mass is 32.1. The number of hydrogen-bond donors (Lipinski definition) is 1. The lowest BCUT2D eigenvalue weighted by molar-refractivity contribution is 0.298. The van der Waals surface area contributed by atoms with Gasteiger partial charge in [-0.2, -0.15) is 11.3 Å². The van der Waals surface area contributed by atoms with Gasteiger partial charge in [0.05, 0.1) is 0 Å². The topological polar surface area (TPSA) is 29.3 Å². The van der Waals surface area contributed by atoms with Gasteiger partial charge in [0.1, 0.15) is 0 Å². The summed E-state index contributed by atoms with van der Waals surface area (Å²) in [6.07, 6.45) is 2.60. The molecule has 1 aromatic heterocycles. The molecule has 1 aromatic rings. The largest absolute Gasteiger partial charge is 0.327 e. The summed E-state index contributed by atoms with van der Waals surface area (Å²) >= 11 is 1.79. The number of nitrogens with two attached hydrogens (primary N) is 1. The van der Waals surface area contributed by atoms with Crippen LogP contribution < -0.4 is 5.73 Å². The van der Waals surface area contributed by atoms with E-state index in [4.69, 9.17) is 5.73 Å². The van der Waals surface area contributed by atoms with Crippen LogP contribution in [0, 0.1) is 11.8 Å². The van der Waals surface area contributed by atoms with Crippen LogP contribution in [-0.2, 0) is 6.54 Å². The summed E-state index contributed by atoms with van der Waals surface area (Å²) in [5.74, 6) is 1.67. The van der Waals surface area contributed by atoms with Gasteiger partial charge in [-0.25, -0.2) is 0 Å². The fourth-order valence-corrected chi connectivity index (χ4v) is 3.83. The third-order valence-electron chi connectivity index (χ3n) is 3.97. The van der Waals surface area contributed by atoms with Crippen LogP contribution in [0.1, 0.15) is 18.4 Å². The standard InChI is InChI=1S/C12H18N2S/c13-12-2-1-10-6-14(7-11(10)12)5-9-3-4-15-8-9/h3-4,8,10-12H,1-2,5-7,13H2. The molecule has 1 aliphatic carbocycles. The van der Waals surface area contributed by atoms with E-state index in [2.05, 4.69) is 21.7 Å². The number of fused-ring (bicyclic) bond motifs is 1.